The highest BCUT2D eigenvalue weighted by atomic mass is 19.1. The van der Waals surface area contributed by atoms with Gasteiger partial charge in [-0.1, -0.05) is 18.2 Å². The van der Waals surface area contributed by atoms with E-state index >= 15 is 0 Å². The van der Waals surface area contributed by atoms with Gasteiger partial charge in [0.25, 0.3) is 0 Å². The van der Waals surface area contributed by atoms with Crippen molar-refractivity contribution in [2.24, 2.45) is 0 Å². The van der Waals surface area contributed by atoms with E-state index in [1.54, 1.807) is 54.1 Å². The number of carbonyl (C=O) groups excluding carboxylic acids is 1. The van der Waals surface area contributed by atoms with Crippen LogP contribution in [0.15, 0.2) is 42.6 Å². The van der Waals surface area contributed by atoms with Crippen molar-refractivity contribution >= 4 is 17.3 Å². The zero-order chi connectivity index (χ0) is 18.7. The maximum absolute atomic E-state index is 13.9. The molecule has 2 heterocycles. The fraction of sp³-hybridized carbons (Fsp3) is 0.368. The summed E-state index contributed by atoms with van der Waals surface area (Å²) in [5.41, 5.74) is 6.69. The van der Waals surface area contributed by atoms with E-state index in [1.807, 2.05) is 0 Å². The van der Waals surface area contributed by atoms with E-state index in [2.05, 4.69) is 5.10 Å². The number of rotatable bonds is 5. The van der Waals surface area contributed by atoms with Crippen LogP contribution >= 0.6 is 0 Å². The summed E-state index contributed by atoms with van der Waals surface area (Å²) in [6.07, 6.45) is 3.97. The number of nitrogens with two attached hydrogens (primary N) is 1. The number of carbonyl (C=O) groups is 1. The smallest absolute Gasteiger partial charge is 0.247 e. The summed E-state index contributed by atoms with van der Waals surface area (Å²) in [7, 11) is 1.64. The van der Waals surface area contributed by atoms with Gasteiger partial charge in [0.15, 0.2) is 0 Å². The molecule has 2 atom stereocenters. The summed E-state index contributed by atoms with van der Waals surface area (Å²) in [4.78, 5) is 14.6. The lowest BCUT2D eigenvalue weighted by Gasteiger charge is -2.23. The van der Waals surface area contributed by atoms with Gasteiger partial charge in [0, 0.05) is 31.5 Å². The SMILES string of the molecule is CO[C@H]1C[C@@H](Cn2ccc(N)n2)N(C(=O)/C=C(\C)c2ccccc2F)C1. The van der Waals surface area contributed by atoms with E-state index < -0.39 is 0 Å². The number of ether oxygens (including phenoxy) is 1. The van der Waals surface area contributed by atoms with Crippen molar-refractivity contribution in [3.8, 4) is 0 Å². The third-order valence-corrected chi connectivity index (χ3v) is 4.69. The predicted octanol–water partition coefficient (Wildman–Crippen LogP) is 2.32. The maximum atomic E-state index is 13.9. The highest BCUT2D eigenvalue weighted by Crippen LogP contribution is 2.24. The van der Waals surface area contributed by atoms with Gasteiger partial charge in [-0.05, 0) is 31.1 Å². The summed E-state index contributed by atoms with van der Waals surface area (Å²) < 4.78 is 21.1. The molecule has 1 aliphatic heterocycles. The molecule has 0 radical (unpaired) electrons. The lowest BCUT2D eigenvalue weighted by atomic mass is 10.1. The molecule has 7 heteroatoms. The Morgan fingerprint density at radius 3 is 2.85 bits per heavy atom. The second-order valence-corrected chi connectivity index (χ2v) is 6.51. The summed E-state index contributed by atoms with van der Waals surface area (Å²) in [6, 6.07) is 8.10. The Morgan fingerprint density at radius 1 is 1.42 bits per heavy atom. The van der Waals surface area contributed by atoms with Gasteiger partial charge in [0.1, 0.15) is 11.6 Å². The summed E-state index contributed by atoms with van der Waals surface area (Å²) in [6.45, 7) is 2.77. The molecule has 1 fully saturated rings. The Balaban J connectivity index is 1.78. The minimum Gasteiger partial charge on any atom is -0.382 e. The number of amides is 1. The van der Waals surface area contributed by atoms with Crippen LogP contribution in [-0.4, -0.2) is 46.4 Å². The molecule has 0 aliphatic carbocycles. The number of benzene rings is 1. The topological polar surface area (TPSA) is 73.4 Å². The van der Waals surface area contributed by atoms with Gasteiger partial charge in [0.05, 0.1) is 18.7 Å². The summed E-state index contributed by atoms with van der Waals surface area (Å²) in [5, 5.41) is 4.19. The molecule has 1 aromatic carbocycles. The molecule has 2 N–H and O–H groups in total. The van der Waals surface area contributed by atoms with Gasteiger partial charge in [-0.25, -0.2) is 4.39 Å². The van der Waals surface area contributed by atoms with Gasteiger partial charge < -0.3 is 15.4 Å². The molecule has 0 saturated carbocycles. The number of methoxy groups -OCH3 is 1. The van der Waals surface area contributed by atoms with Crippen LogP contribution in [0.4, 0.5) is 10.2 Å². The second-order valence-electron chi connectivity index (χ2n) is 6.51. The van der Waals surface area contributed by atoms with Crippen LogP contribution in [0.5, 0.6) is 0 Å². The molecule has 1 amide bonds. The maximum Gasteiger partial charge on any atom is 0.247 e. The van der Waals surface area contributed by atoms with E-state index in [1.165, 1.54) is 12.1 Å². The molecular weight excluding hydrogens is 335 g/mol. The number of anilines is 1. The summed E-state index contributed by atoms with van der Waals surface area (Å²) in [5.74, 6) is -0.0521. The molecule has 6 nitrogen and oxygen atoms in total. The van der Waals surface area contributed by atoms with E-state index in [9.17, 15) is 9.18 Å². The number of nitrogen functional groups attached to an aromatic ring is 1. The number of nitrogens with zero attached hydrogens (tertiary/aromatic N) is 3. The van der Waals surface area contributed by atoms with Crippen molar-refractivity contribution in [2.45, 2.75) is 32.0 Å². The minimum atomic E-state index is -0.339. The fourth-order valence-corrected chi connectivity index (χ4v) is 3.31. The normalized spacial score (nSPS) is 20.6. The van der Waals surface area contributed by atoms with Gasteiger partial charge in [-0.2, -0.15) is 5.10 Å². The van der Waals surface area contributed by atoms with Crippen molar-refractivity contribution in [3.63, 3.8) is 0 Å². The van der Waals surface area contributed by atoms with E-state index in [-0.39, 0.29) is 23.9 Å². The molecule has 0 unspecified atom stereocenters. The number of halogens is 1. The van der Waals surface area contributed by atoms with Crippen LogP contribution in [-0.2, 0) is 16.1 Å². The highest BCUT2D eigenvalue weighted by molar-refractivity contribution is 5.95. The number of hydrogen-bond acceptors (Lipinski definition) is 4. The first-order valence-electron chi connectivity index (χ1n) is 8.53. The van der Waals surface area contributed by atoms with Gasteiger partial charge in [-0.3, -0.25) is 9.48 Å². The van der Waals surface area contributed by atoms with Crippen LogP contribution in [0.3, 0.4) is 0 Å². The minimum absolute atomic E-state index is 0.0287. The third-order valence-electron chi connectivity index (χ3n) is 4.69. The molecule has 0 spiro atoms. The Morgan fingerprint density at radius 2 is 2.19 bits per heavy atom. The molecule has 2 aromatic rings. The van der Waals surface area contributed by atoms with E-state index in [4.69, 9.17) is 10.5 Å². The first-order chi connectivity index (χ1) is 12.5. The Bertz CT molecular complexity index is 817. The molecule has 1 aliphatic rings. The molecule has 3 rings (SSSR count). The van der Waals surface area contributed by atoms with Crippen molar-refractivity contribution in [1.82, 2.24) is 14.7 Å². The average molecular weight is 358 g/mol. The first kappa shape index (κ1) is 18.1. The van der Waals surface area contributed by atoms with E-state index in [0.717, 1.165) is 0 Å². The average Bonchev–Trinajstić information content (AvgIpc) is 3.21. The number of allylic oxidation sites excluding steroid dienone is 1. The molecule has 1 aromatic heterocycles. The fourth-order valence-electron chi connectivity index (χ4n) is 3.31. The third kappa shape index (κ3) is 3.94. The molecule has 0 bridgehead atoms. The quantitative estimate of drug-likeness (QED) is 0.833. The zero-order valence-electron chi connectivity index (χ0n) is 14.9. The highest BCUT2D eigenvalue weighted by Gasteiger charge is 2.35. The Labute approximate surface area is 152 Å². The van der Waals surface area contributed by atoms with Crippen LogP contribution in [0.2, 0.25) is 0 Å². The monoisotopic (exact) mass is 358 g/mol. The Hall–Kier alpha value is -2.67. The van der Waals surface area contributed by atoms with Gasteiger partial charge in [-0.15, -0.1) is 0 Å². The zero-order valence-corrected chi connectivity index (χ0v) is 14.9. The van der Waals surface area contributed by atoms with Crippen molar-refractivity contribution < 1.29 is 13.9 Å². The van der Waals surface area contributed by atoms with Crippen LogP contribution in [0.25, 0.3) is 5.57 Å². The largest absolute Gasteiger partial charge is 0.382 e. The van der Waals surface area contributed by atoms with Crippen molar-refractivity contribution in [3.05, 3.63) is 54.0 Å². The van der Waals surface area contributed by atoms with Gasteiger partial charge >= 0.3 is 0 Å². The van der Waals surface area contributed by atoms with Gasteiger partial charge in [0.2, 0.25) is 5.91 Å². The second kappa shape index (κ2) is 7.70. The molecular formula is C19H23FN4O2. The molecule has 138 valence electrons. The number of likely N-dealkylation sites (tertiary alicyclic amines) is 1. The number of aromatic nitrogens is 2. The van der Waals surface area contributed by atoms with Crippen LogP contribution in [0, 0.1) is 5.82 Å². The van der Waals surface area contributed by atoms with Crippen molar-refractivity contribution in [2.75, 3.05) is 19.4 Å². The molecule has 1 saturated heterocycles. The van der Waals surface area contributed by atoms with E-state index in [0.29, 0.717) is 36.5 Å². The predicted molar refractivity (Wildman–Crippen MR) is 97.6 cm³/mol. The summed E-state index contributed by atoms with van der Waals surface area (Å²) >= 11 is 0. The Kier molecular flexibility index (Phi) is 5.37. The van der Waals surface area contributed by atoms with Crippen LogP contribution < -0.4 is 5.73 Å². The van der Waals surface area contributed by atoms with Crippen LogP contribution in [0.1, 0.15) is 18.9 Å². The standard InChI is InChI=1S/C19H23FN4O2/c1-13(16-5-3-4-6-17(16)20)9-19(25)24-12-15(26-2)10-14(24)11-23-8-7-18(21)22-23/h3-9,14-15H,10-12H2,1-2H3,(H2,21,22)/b13-9+/t14-,15-/m0/s1. The number of hydrogen-bond donors (Lipinski definition) is 1. The van der Waals surface area contributed by atoms with Crippen molar-refractivity contribution in [1.29, 1.82) is 0 Å². The molecule has 26 heavy (non-hydrogen) atoms. The lowest BCUT2D eigenvalue weighted by molar-refractivity contribution is -0.127. The first-order valence-corrected chi connectivity index (χ1v) is 8.53. The lowest BCUT2D eigenvalue weighted by Crippen LogP contribution is -2.37.